The second-order valence-corrected chi connectivity index (χ2v) is 4.55. The smallest absolute Gasteiger partial charge is 0.335 e. The van der Waals surface area contributed by atoms with E-state index in [0.717, 1.165) is 6.42 Å². The molecule has 1 aromatic heterocycles. The Morgan fingerprint density at radius 1 is 1.36 bits per heavy atom. The molecule has 0 bridgehead atoms. The lowest BCUT2D eigenvalue weighted by molar-refractivity contribution is 0.0697. The van der Waals surface area contributed by atoms with E-state index < -0.39 is 5.97 Å². The van der Waals surface area contributed by atoms with Gasteiger partial charge in [0.25, 0.3) is 0 Å². The van der Waals surface area contributed by atoms with E-state index in [-0.39, 0.29) is 5.56 Å². The summed E-state index contributed by atoms with van der Waals surface area (Å²) in [7, 11) is 1.66. The van der Waals surface area contributed by atoms with Gasteiger partial charge in [-0.25, -0.2) is 9.78 Å². The fourth-order valence-corrected chi connectivity index (χ4v) is 1.81. The molecule has 0 atom stereocenters. The molecule has 116 valence electrons. The van der Waals surface area contributed by atoms with Crippen LogP contribution in [0.4, 0.5) is 17.5 Å². The van der Waals surface area contributed by atoms with Gasteiger partial charge in [-0.15, -0.1) is 0 Å². The summed E-state index contributed by atoms with van der Waals surface area (Å²) in [4.78, 5) is 19.4. The summed E-state index contributed by atoms with van der Waals surface area (Å²) < 4.78 is 4.97. The first-order valence-electron chi connectivity index (χ1n) is 6.85. The van der Waals surface area contributed by atoms with Crippen LogP contribution in [0.5, 0.6) is 0 Å². The maximum atomic E-state index is 11.0. The van der Waals surface area contributed by atoms with Crippen molar-refractivity contribution in [2.75, 3.05) is 30.9 Å². The SMILES string of the molecule is COCCCNc1nccc(Nc2cccc(C(=O)O)c2)n1. The lowest BCUT2D eigenvalue weighted by atomic mass is 10.2. The molecule has 0 saturated heterocycles. The summed E-state index contributed by atoms with van der Waals surface area (Å²) in [5, 5.41) is 15.1. The number of nitrogens with one attached hydrogen (secondary N) is 2. The zero-order chi connectivity index (χ0) is 15.8. The number of rotatable bonds is 8. The predicted octanol–water partition coefficient (Wildman–Crippen LogP) is 2.37. The van der Waals surface area contributed by atoms with Crippen LogP contribution in [0.15, 0.2) is 36.5 Å². The summed E-state index contributed by atoms with van der Waals surface area (Å²) in [6.45, 7) is 1.39. The number of anilines is 3. The highest BCUT2D eigenvalue weighted by Gasteiger charge is 2.04. The van der Waals surface area contributed by atoms with Crippen LogP contribution in [-0.4, -0.2) is 41.3 Å². The van der Waals surface area contributed by atoms with Crippen molar-refractivity contribution in [1.29, 1.82) is 0 Å². The summed E-state index contributed by atoms with van der Waals surface area (Å²) >= 11 is 0. The minimum absolute atomic E-state index is 0.219. The maximum absolute atomic E-state index is 11.0. The molecule has 3 N–H and O–H groups in total. The van der Waals surface area contributed by atoms with Gasteiger partial charge in [-0.3, -0.25) is 0 Å². The van der Waals surface area contributed by atoms with E-state index in [0.29, 0.717) is 30.6 Å². The molecular formula is C15H18N4O3. The third kappa shape index (κ3) is 4.71. The van der Waals surface area contributed by atoms with Crippen LogP contribution in [0.2, 0.25) is 0 Å². The number of carbonyl (C=O) groups is 1. The van der Waals surface area contributed by atoms with Crippen LogP contribution in [0.25, 0.3) is 0 Å². The average molecular weight is 302 g/mol. The number of carboxylic acid groups (broad SMARTS) is 1. The number of benzene rings is 1. The molecule has 0 fully saturated rings. The normalized spacial score (nSPS) is 10.2. The highest BCUT2D eigenvalue weighted by molar-refractivity contribution is 5.89. The number of aromatic nitrogens is 2. The van der Waals surface area contributed by atoms with Gasteiger partial charge in [0, 0.05) is 32.1 Å². The van der Waals surface area contributed by atoms with Crippen LogP contribution in [-0.2, 0) is 4.74 Å². The predicted molar refractivity (Wildman–Crippen MR) is 83.7 cm³/mol. The first-order chi connectivity index (χ1) is 10.7. The van der Waals surface area contributed by atoms with Crippen LogP contribution < -0.4 is 10.6 Å². The van der Waals surface area contributed by atoms with Gasteiger partial charge < -0.3 is 20.5 Å². The molecule has 0 spiro atoms. The zero-order valence-corrected chi connectivity index (χ0v) is 12.2. The number of aromatic carboxylic acids is 1. The van der Waals surface area contributed by atoms with Crippen molar-refractivity contribution in [3.63, 3.8) is 0 Å². The average Bonchev–Trinajstić information content (AvgIpc) is 2.52. The Morgan fingerprint density at radius 2 is 2.23 bits per heavy atom. The molecule has 1 aromatic carbocycles. The molecule has 0 aliphatic carbocycles. The third-order valence-electron chi connectivity index (χ3n) is 2.85. The van der Waals surface area contributed by atoms with Gasteiger partial charge in [-0.05, 0) is 30.7 Å². The topological polar surface area (TPSA) is 96.4 Å². The molecule has 0 aliphatic heterocycles. The summed E-state index contributed by atoms with van der Waals surface area (Å²) in [6.07, 6.45) is 2.49. The summed E-state index contributed by atoms with van der Waals surface area (Å²) in [6, 6.07) is 8.26. The van der Waals surface area contributed by atoms with E-state index in [1.165, 1.54) is 6.07 Å². The van der Waals surface area contributed by atoms with Gasteiger partial charge in [-0.1, -0.05) is 6.07 Å². The van der Waals surface area contributed by atoms with E-state index in [2.05, 4.69) is 20.6 Å². The van der Waals surface area contributed by atoms with Gasteiger partial charge >= 0.3 is 5.97 Å². The monoisotopic (exact) mass is 302 g/mol. The molecule has 0 amide bonds. The Morgan fingerprint density at radius 3 is 3.00 bits per heavy atom. The van der Waals surface area contributed by atoms with E-state index >= 15 is 0 Å². The van der Waals surface area contributed by atoms with E-state index in [4.69, 9.17) is 9.84 Å². The second kappa shape index (κ2) is 7.94. The summed E-state index contributed by atoms with van der Waals surface area (Å²) in [5.74, 6) is 0.133. The molecule has 7 nitrogen and oxygen atoms in total. The van der Waals surface area contributed by atoms with Crippen LogP contribution in [0.1, 0.15) is 16.8 Å². The Labute approximate surface area is 128 Å². The van der Waals surface area contributed by atoms with E-state index in [1.807, 2.05) is 0 Å². The first-order valence-corrected chi connectivity index (χ1v) is 6.85. The Balaban J connectivity index is 2.00. The lowest BCUT2D eigenvalue weighted by Gasteiger charge is -2.08. The van der Waals surface area contributed by atoms with Crippen molar-refractivity contribution in [2.45, 2.75) is 6.42 Å². The highest BCUT2D eigenvalue weighted by atomic mass is 16.5. The number of ether oxygens (including phenoxy) is 1. The molecule has 2 aromatic rings. The number of methoxy groups -OCH3 is 1. The van der Waals surface area contributed by atoms with Crippen LogP contribution in [0, 0.1) is 0 Å². The quantitative estimate of drug-likeness (QED) is 0.644. The molecule has 0 saturated carbocycles. The summed E-state index contributed by atoms with van der Waals surface area (Å²) in [5.41, 5.74) is 0.876. The number of nitrogens with zero attached hydrogens (tertiary/aromatic N) is 2. The fourth-order valence-electron chi connectivity index (χ4n) is 1.81. The van der Waals surface area contributed by atoms with E-state index in [9.17, 15) is 4.79 Å². The minimum Gasteiger partial charge on any atom is -0.478 e. The second-order valence-electron chi connectivity index (χ2n) is 4.55. The van der Waals surface area contributed by atoms with Gasteiger partial charge in [-0.2, -0.15) is 4.98 Å². The number of hydrogen-bond acceptors (Lipinski definition) is 6. The highest BCUT2D eigenvalue weighted by Crippen LogP contribution is 2.16. The largest absolute Gasteiger partial charge is 0.478 e. The van der Waals surface area contributed by atoms with Gasteiger partial charge in [0.2, 0.25) is 5.95 Å². The molecule has 0 unspecified atom stereocenters. The number of hydrogen-bond donors (Lipinski definition) is 3. The Hall–Kier alpha value is -2.67. The molecule has 7 heteroatoms. The van der Waals surface area contributed by atoms with Crippen molar-refractivity contribution in [3.8, 4) is 0 Å². The minimum atomic E-state index is -0.966. The zero-order valence-electron chi connectivity index (χ0n) is 12.2. The number of carboxylic acids is 1. The molecular weight excluding hydrogens is 284 g/mol. The molecule has 0 aliphatic rings. The van der Waals surface area contributed by atoms with Crippen molar-refractivity contribution >= 4 is 23.4 Å². The van der Waals surface area contributed by atoms with Gasteiger partial charge in [0.05, 0.1) is 5.56 Å². The standard InChI is InChI=1S/C15H18N4O3/c1-22-9-3-7-16-15-17-8-6-13(19-15)18-12-5-2-4-11(10-12)14(20)21/h2,4-6,8,10H,3,7,9H2,1H3,(H,20,21)(H2,16,17,18,19). The fraction of sp³-hybridized carbons (Fsp3) is 0.267. The van der Waals surface area contributed by atoms with Crippen molar-refractivity contribution < 1.29 is 14.6 Å². The lowest BCUT2D eigenvalue weighted by Crippen LogP contribution is -2.08. The molecule has 1 heterocycles. The third-order valence-corrected chi connectivity index (χ3v) is 2.85. The van der Waals surface area contributed by atoms with Crippen molar-refractivity contribution in [2.24, 2.45) is 0 Å². The van der Waals surface area contributed by atoms with Crippen molar-refractivity contribution in [3.05, 3.63) is 42.1 Å². The molecule has 2 rings (SSSR count). The first kappa shape index (κ1) is 15.7. The Kier molecular flexibility index (Phi) is 5.67. The van der Waals surface area contributed by atoms with Crippen molar-refractivity contribution in [1.82, 2.24) is 9.97 Å². The van der Waals surface area contributed by atoms with Gasteiger partial charge in [0.15, 0.2) is 0 Å². The van der Waals surface area contributed by atoms with Gasteiger partial charge in [0.1, 0.15) is 5.82 Å². The van der Waals surface area contributed by atoms with E-state index in [1.54, 1.807) is 37.6 Å². The van der Waals surface area contributed by atoms with Crippen LogP contribution >= 0.6 is 0 Å². The molecule has 0 radical (unpaired) electrons. The Bertz CT molecular complexity index is 634. The van der Waals surface area contributed by atoms with Crippen LogP contribution in [0.3, 0.4) is 0 Å². The molecule has 22 heavy (non-hydrogen) atoms. The maximum Gasteiger partial charge on any atom is 0.335 e.